The minimum absolute atomic E-state index is 0.584. The van der Waals surface area contributed by atoms with Crippen LogP contribution in [0.3, 0.4) is 0 Å². The van der Waals surface area contributed by atoms with E-state index in [1.165, 1.54) is 0 Å². The van der Waals surface area contributed by atoms with Crippen LogP contribution in [0.1, 0.15) is 34.8 Å². The van der Waals surface area contributed by atoms with Crippen molar-refractivity contribution < 1.29 is 9.52 Å². The molecule has 0 amide bonds. The predicted octanol–water partition coefficient (Wildman–Crippen LogP) is 1.67. The lowest BCUT2D eigenvalue weighted by atomic mass is 10.1. The summed E-state index contributed by atoms with van der Waals surface area (Å²) in [4.78, 5) is 2.24. The van der Waals surface area contributed by atoms with Crippen LogP contribution in [0.25, 0.3) is 0 Å². The van der Waals surface area contributed by atoms with Gasteiger partial charge in [0.25, 0.3) is 0 Å². The third-order valence-electron chi connectivity index (χ3n) is 4.22. The van der Waals surface area contributed by atoms with Crippen molar-refractivity contribution in [2.24, 2.45) is 0 Å². The van der Waals surface area contributed by atoms with Gasteiger partial charge < -0.3 is 9.52 Å². The molecule has 1 aliphatic rings. The largest absolute Gasteiger partial charge is 0.424 e. The average molecular weight is 325 g/mol. The molecule has 0 fully saturated rings. The van der Waals surface area contributed by atoms with E-state index in [0.29, 0.717) is 24.0 Å². The normalized spacial score (nSPS) is 16.1. The smallest absolute Gasteiger partial charge is 0.230 e. The molecule has 0 aliphatic carbocycles. The number of benzene rings is 1. The number of aliphatic hydroxyl groups is 1. The van der Waals surface area contributed by atoms with Crippen molar-refractivity contribution in [3.05, 3.63) is 65.1 Å². The molecule has 1 atom stereocenters. The zero-order valence-electron chi connectivity index (χ0n) is 13.5. The maximum Gasteiger partial charge on any atom is 0.230 e. The highest BCUT2D eigenvalue weighted by Crippen LogP contribution is 2.24. The summed E-state index contributed by atoms with van der Waals surface area (Å²) in [7, 11) is 0. The highest BCUT2D eigenvalue weighted by Gasteiger charge is 2.22. The molecular weight excluding hydrogens is 306 g/mol. The van der Waals surface area contributed by atoms with Crippen LogP contribution in [0.15, 0.2) is 40.8 Å². The van der Waals surface area contributed by atoms with Crippen molar-refractivity contribution in [1.82, 2.24) is 24.9 Å². The van der Waals surface area contributed by atoms with E-state index in [-0.39, 0.29) is 0 Å². The molecule has 1 aliphatic heterocycles. The molecule has 2 aromatic heterocycles. The highest BCUT2D eigenvalue weighted by molar-refractivity contribution is 5.26. The topological polar surface area (TPSA) is 80.2 Å². The Morgan fingerprint density at radius 2 is 2.04 bits per heavy atom. The van der Waals surface area contributed by atoms with Gasteiger partial charge in [0.1, 0.15) is 6.10 Å². The number of aliphatic hydroxyl groups excluding tert-OH is 1. The number of rotatable bonds is 4. The van der Waals surface area contributed by atoms with Gasteiger partial charge in [-0.15, -0.1) is 10.2 Å². The summed E-state index contributed by atoms with van der Waals surface area (Å²) in [6.45, 7) is 4.80. The quantitative estimate of drug-likeness (QED) is 0.786. The lowest BCUT2D eigenvalue weighted by Crippen LogP contribution is -2.33. The Morgan fingerprint density at radius 3 is 2.79 bits per heavy atom. The minimum atomic E-state index is -0.698. The fourth-order valence-electron chi connectivity index (χ4n) is 3.01. The Balaban J connectivity index is 1.49. The zero-order valence-corrected chi connectivity index (χ0v) is 13.5. The monoisotopic (exact) mass is 325 g/mol. The molecule has 1 N–H and O–H groups in total. The summed E-state index contributed by atoms with van der Waals surface area (Å²) in [5.74, 6) is 1.21. The second-order valence-corrected chi connectivity index (χ2v) is 6.02. The van der Waals surface area contributed by atoms with E-state index < -0.39 is 6.10 Å². The number of nitrogens with zero attached hydrogens (tertiary/aromatic N) is 5. The van der Waals surface area contributed by atoms with Crippen LogP contribution in [0.5, 0.6) is 0 Å². The van der Waals surface area contributed by atoms with Gasteiger partial charge in [0.15, 0.2) is 0 Å². The Bertz CT molecular complexity index is 827. The summed E-state index contributed by atoms with van der Waals surface area (Å²) in [5, 5.41) is 23.0. The molecule has 24 heavy (non-hydrogen) atoms. The van der Waals surface area contributed by atoms with Gasteiger partial charge in [-0.25, -0.2) is 0 Å². The first-order chi connectivity index (χ1) is 11.7. The van der Waals surface area contributed by atoms with Gasteiger partial charge in [-0.1, -0.05) is 30.3 Å². The Morgan fingerprint density at radius 1 is 1.21 bits per heavy atom. The highest BCUT2D eigenvalue weighted by atomic mass is 16.4. The van der Waals surface area contributed by atoms with E-state index in [2.05, 4.69) is 20.2 Å². The van der Waals surface area contributed by atoms with Gasteiger partial charge >= 0.3 is 0 Å². The summed E-state index contributed by atoms with van der Waals surface area (Å²) in [6, 6.07) is 11.6. The van der Waals surface area contributed by atoms with E-state index in [4.69, 9.17) is 4.42 Å². The molecule has 7 nitrogen and oxygen atoms in total. The van der Waals surface area contributed by atoms with Crippen molar-refractivity contribution in [3.8, 4) is 0 Å². The molecule has 0 spiro atoms. The van der Waals surface area contributed by atoms with E-state index in [0.717, 1.165) is 30.9 Å². The number of hydrogen-bond donors (Lipinski definition) is 1. The van der Waals surface area contributed by atoms with Crippen LogP contribution in [0, 0.1) is 6.92 Å². The van der Waals surface area contributed by atoms with Gasteiger partial charge in [0.05, 0.1) is 24.5 Å². The standard InChI is InChI=1S/C17H19N5O2/c1-12-18-19-16(24-12)11-21-7-8-22-14(10-21)9-15(20-22)17(23)13-5-3-2-4-6-13/h2-6,9,17,23H,7-8,10-11H2,1H3/t17-/m0/s1. The Labute approximate surface area is 139 Å². The summed E-state index contributed by atoms with van der Waals surface area (Å²) >= 11 is 0. The first-order valence-corrected chi connectivity index (χ1v) is 8.00. The lowest BCUT2D eigenvalue weighted by Gasteiger charge is -2.25. The van der Waals surface area contributed by atoms with Crippen LogP contribution >= 0.6 is 0 Å². The van der Waals surface area contributed by atoms with E-state index >= 15 is 0 Å². The number of aryl methyl sites for hydroxylation is 1. The number of aromatic nitrogens is 4. The van der Waals surface area contributed by atoms with Gasteiger partial charge in [-0.2, -0.15) is 5.10 Å². The van der Waals surface area contributed by atoms with Crippen LogP contribution < -0.4 is 0 Å². The maximum atomic E-state index is 10.5. The summed E-state index contributed by atoms with van der Waals surface area (Å²) in [5.41, 5.74) is 2.63. The number of fused-ring (bicyclic) bond motifs is 1. The van der Waals surface area contributed by atoms with Crippen molar-refractivity contribution in [3.63, 3.8) is 0 Å². The second kappa shape index (κ2) is 6.18. The summed E-state index contributed by atoms with van der Waals surface area (Å²) in [6.07, 6.45) is -0.698. The minimum Gasteiger partial charge on any atom is -0.424 e. The lowest BCUT2D eigenvalue weighted by molar-refractivity contribution is 0.185. The molecule has 1 aromatic carbocycles. The number of hydrogen-bond acceptors (Lipinski definition) is 6. The predicted molar refractivity (Wildman–Crippen MR) is 85.9 cm³/mol. The SMILES string of the molecule is Cc1nnc(CN2CCn3nc([C@@H](O)c4ccccc4)cc3C2)o1. The molecule has 0 bridgehead atoms. The molecule has 4 rings (SSSR count). The molecule has 0 unspecified atom stereocenters. The van der Waals surface area contributed by atoms with Gasteiger partial charge in [-0.05, 0) is 11.6 Å². The van der Waals surface area contributed by atoms with Crippen molar-refractivity contribution >= 4 is 0 Å². The molecular formula is C17H19N5O2. The van der Waals surface area contributed by atoms with Crippen LogP contribution in [-0.4, -0.2) is 36.5 Å². The van der Waals surface area contributed by atoms with Gasteiger partial charge in [-0.3, -0.25) is 9.58 Å². The van der Waals surface area contributed by atoms with Crippen LogP contribution in [-0.2, 0) is 19.6 Å². The maximum absolute atomic E-state index is 10.5. The second-order valence-electron chi connectivity index (χ2n) is 6.02. The molecule has 3 heterocycles. The Kier molecular flexibility index (Phi) is 3.87. The fraction of sp³-hybridized carbons (Fsp3) is 0.353. The first-order valence-electron chi connectivity index (χ1n) is 8.00. The van der Waals surface area contributed by atoms with Crippen LogP contribution in [0.2, 0.25) is 0 Å². The average Bonchev–Trinajstić information content (AvgIpc) is 3.20. The zero-order chi connectivity index (χ0) is 16.5. The molecule has 7 heteroatoms. The molecule has 0 radical (unpaired) electrons. The molecule has 0 saturated heterocycles. The third-order valence-corrected chi connectivity index (χ3v) is 4.22. The van der Waals surface area contributed by atoms with Gasteiger partial charge in [0, 0.05) is 20.0 Å². The van der Waals surface area contributed by atoms with Crippen molar-refractivity contribution in [1.29, 1.82) is 0 Å². The molecule has 0 saturated carbocycles. The Hall–Kier alpha value is -2.51. The van der Waals surface area contributed by atoms with Crippen molar-refractivity contribution in [2.45, 2.75) is 32.7 Å². The summed E-state index contributed by atoms with van der Waals surface area (Å²) < 4.78 is 7.42. The third kappa shape index (κ3) is 2.95. The van der Waals surface area contributed by atoms with Crippen LogP contribution in [0.4, 0.5) is 0 Å². The molecule has 124 valence electrons. The van der Waals surface area contributed by atoms with E-state index in [9.17, 15) is 5.11 Å². The fourth-order valence-corrected chi connectivity index (χ4v) is 3.01. The molecule has 3 aromatic rings. The van der Waals surface area contributed by atoms with Crippen molar-refractivity contribution in [2.75, 3.05) is 6.54 Å². The van der Waals surface area contributed by atoms with E-state index in [1.807, 2.05) is 41.1 Å². The first kappa shape index (κ1) is 15.0. The van der Waals surface area contributed by atoms with Gasteiger partial charge in [0.2, 0.25) is 11.8 Å². The van der Waals surface area contributed by atoms with E-state index in [1.54, 1.807) is 6.92 Å².